The number of hydrogen-bond acceptors (Lipinski definition) is 3. The average molecular weight is 198 g/mol. The molecule has 0 saturated carbocycles. The molecule has 0 spiro atoms. The summed E-state index contributed by atoms with van der Waals surface area (Å²) in [5.74, 6) is -0.391. The van der Waals surface area contributed by atoms with E-state index in [1.165, 1.54) is 11.3 Å². The molecule has 0 saturated heterocycles. The maximum atomic E-state index is 10.8. The molecule has 1 rings (SSSR count). The van der Waals surface area contributed by atoms with Gasteiger partial charge in [-0.05, 0) is 5.41 Å². The molecule has 1 aromatic heterocycles. The number of carbonyl (C=O) groups is 1. The molecule has 4 heteroatoms. The quantitative estimate of drug-likeness (QED) is 0.788. The normalized spacial score (nSPS) is 11.6. The molecule has 13 heavy (non-hydrogen) atoms. The highest BCUT2D eigenvalue weighted by Gasteiger charge is 2.15. The first-order chi connectivity index (χ1) is 5.88. The van der Waals surface area contributed by atoms with Gasteiger partial charge in [-0.3, -0.25) is 4.79 Å². The van der Waals surface area contributed by atoms with E-state index in [1.807, 2.05) is 0 Å². The summed E-state index contributed by atoms with van der Waals surface area (Å²) in [6.45, 7) is 6.41. The first-order valence-corrected chi connectivity index (χ1v) is 4.95. The Morgan fingerprint density at radius 1 is 1.62 bits per heavy atom. The second-order valence-electron chi connectivity index (χ2n) is 4.22. The summed E-state index contributed by atoms with van der Waals surface area (Å²) in [6, 6.07) is 0. The SMILES string of the molecule is CC(C)(C)Cc1ncc(C(N)=O)s1. The van der Waals surface area contributed by atoms with Gasteiger partial charge in [0.2, 0.25) is 0 Å². The minimum absolute atomic E-state index is 0.201. The Labute approximate surface area is 82.0 Å². The van der Waals surface area contributed by atoms with Crippen molar-refractivity contribution in [2.75, 3.05) is 0 Å². The Morgan fingerprint density at radius 2 is 2.23 bits per heavy atom. The zero-order valence-corrected chi connectivity index (χ0v) is 8.94. The number of carbonyl (C=O) groups excluding carboxylic acids is 1. The van der Waals surface area contributed by atoms with Gasteiger partial charge in [0.05, 0.1) is 11.2 Å². The topological polar surface area (TPSA) is 56.0 Å². The van der Waals surface area contributed by atoms with Gasteiger partial charge in [-0.15, -0.1) is 11.3 Å². The molecule has 0 radical (unpaired) electrons. The van der Waals surface area contributed by atoms with Crippen molar-refractivity contribution in [1.82, 2.24) is 4.98 Å². The Hall–Kier alpha value is -0.900. The summed E-state index contributed by atoms with van der Waals surface area (Å²) < 4.78 is 0. The van der Waals surface area contributed by atoms with Crippen molar-refractivity contribution >= 4 is 17.2 Å². The molecule has 1 aromatic rings. The van der Waals surface area contributed by atoms with Gasteiger partial charge in [0.15, 0.2) is 0 Å². The maximum absolute atomic E-state index is 10.8. The van der Waals surface area contributed by atoms with Crippen LogP contribution in [0.3, 0.4) is 0 Å². The second-order valence-corrected chi connectivity index (χ2v) is 5.34. The van der Waals surface area contributed by atoms with Crippen molar-refractivity contribution < 1.29 is 4.79 Å². The summed E-state index contributed by atoms with van der Waals surface area (Å²) in [6.07, 6.45) is 2.43. The van der Waals surface area contributed by atoms with E-state index < -0.39 is 5.91 Å². The van der Waals surface area contributed by atoms with Crippen molar-refractivity contribution in [3.63, 3.8) is 0 Å². The fourth-order valence-electron chi connectivity index (χ4n) is 0.960. The summed E-state index contributed by atoms with van der Waals surface area (Å²) in [7, 11) is 0. The molecule has 1 heterocycles. The van der Waals surface area contributed by atoms with E-state index in [2.05, 4.69) is 25.8 Å². The van der Waals surface area contributed by atoms with E-state index in [-0.39, 0.29) is 5.41 Å². The molecule has 0 aliphatic rings. The van der Waals surface area contributed by atoms with Crippen LogP contribution in [0.5, 0.6) is 0 Å². The summed E-state index contributed by atoms with van der Waals surface area (Å²) in [5, 5.41) is 0.973. The van der Waals surface area contributed by atoms with Crippen molar-refractivity contribution in [2.24, 2.45) is 11.1 Å². The van der Waals surface area contributed by atoms with Crippen LogP contribution in [0.4, 0.5) is 0 Å². The van der Waals surface area contributed by atoms with Crippen molar-refractivity contribution in [1.29, 1.82) is 0 Å². The van der Waals surface area contributed by atoms with E-state index in [0.717, 1.165) is 11.4 Å². The minimum Gasteiger partial charge on any atom is -0.365 e. The van der Waals surface area contributed by atoms with Gasteiger partial charge in [-0.25, -0.2) is 4.98 Å². The molecular formula is C9H14N2OS. The lowest BCUT2D eigenvalue weighted by Gasteiger charge is -2.15. The smallest absolute Gasteiger partial charge is 0.260 e. The Kier molecular flexibility index (Phi) is 2.71. The number of primary amides is 1. The van der Waals surface area contributed by atoms with Crippen LogP contribution >= 0.6 is 11.3 Å². The minimum atomic E-state index is -0.391. The standard InChI is InChI=1S/C9H14N2OS/c1-9(2,3)4-7-11-5-6(13-7)8(10)12/h5H,4H2,1-3H3,(H2,10,12). The van der Waals surface area contributed by atoms with Crippen LogP contribution in [0, 0.1) is 5.41 Å². The zero-order valence-electron chi connectivity index (χ0n) is 8.13. The lowest BCUT2D eigenvalue weighted by molar-refractivity contribution is 0.100. The number of hydrogen-bond donors (Lipinski definition) is 1. The van der Waals surface area contributed by atoms with Crippen LogP contribution in [0.25, 0.3) is 0 Å². The van der Waals surface area contributed by atoms with E-state index in [9.17, 15) is 4.79 Å². The third kappa shape index (κ3) is 3.14. The number of thiazole rings is 1. The van der Waals surface area contributed by atoms with Crippen molar-refractivity contribution in [2.45, 2.75) is 27.2 Å². The maximum Gasteiger partial charge on any atom is 0.260 e. The predicted molar refractivity (Wildman–Crippen MR) is 53.8 cm³/mol. The van der Waals surface area contributed by atoms with Gasteiger partial charge in [-0.2, -0.15) is 0 Å². The van der Waals surface area contributed by atoms with Gasteiger partial charge in [0.25, 0.3) is 5.91 Å². The van der Waals surface area contributed by atoms with E-state index in [4.69, 9.17) is 5.73 Å². The molecule has 3 nitrogen and oxygen atoms in total. The molecule has 2 N–H and O–H groups in total. The summed E-state index contributed by atoms with van der Waals surface area (Å²) in [4.78, 5) is 15.5. The van der Waals surface area contributed by atoms with Crippen molar-refractivity contribution in [3.05, 3.63) is 16.1 Å². The van der Waals surface area contributed by atoms with Crippen LogP contribution in [-0.2, 0) is 6.42 Å². The highest BCUT2D eigenvalue weighted by molar-refractivity contribution is 7.13. The fourth-order valence-corrected chi connectivity index (χ4v) is 2.03. The van der Waals surface area contributed by atoms with Crippen LogP contribution in [-0.4, -0.2) is 10.9 Å². The molecule has 72 valence electrons. The third-order valence-electron chi connectivity index (χ3n) is 1.48. The summed E-state index contributed by atoms with van der Waals surface area (Å²) in [5.41, 5.74) is 5.32. The van der Waals surface area contributed by atoms with Crippen LogP contribution in [0.1, 0.15) is 35.5 Å². The zero-order chi connectivity index (χ0) is 10.1. The average Bonchev–Trinajstić information content (AvgIpc) is 2.31. The molecule has 0 aliphatic carbocycles. The Bertz CT molecular complexity index is 312. The largest absolute Gasteiger partial charge is 0.365 e. The van der Waals surface area contributed by atoms with Crippen LogP contribution in [0.2, 0.25) is 0 Å². The molecule has 0 atom stereocenters. The van der Waals surface area contributed by atoms with E-state index in [1.54, 1.807) is 6.20 Å². The van der Waals surface area contributed by atoms with Gasteiger partial charge in [0, 0.05) is 6.42 Å². The molecule has 0 bridgehead atoms. The number of nitrogens with zero attached hydrogens (tertiary/aromatic N) is 1. The highest BCUT2D eigenvalue weighted by Crippen LogP contribution is 2.23. The predicted octanol–water partition coefficient (Wildman–Crippen LogP) is 1.83. The highest BCUT2D eigenvalue weighted by atomic mass is 32.1. The number of aromatic nitrogens is 1. The monoisotopic (exact) mass is 198 g/mol. The molecule has 0 fully saturated rings. The third-order valence-corrected chi connectivity index (χ3v) is 2.49. The summed E-state index contributed by atoms with van der Waals surface area (Å²) >= 11 is 1.38. The Morgan fingerprint density at radius 3 is 2.62 bits per heavy atom. The lowest BCUT2D eigenvalue weighted by Crippen LogP contribution is -2.09. The van der Waals surface area contributed by atoms with Crippen LogP contribution in [0.15, 0.2) is 6.20 Å². The fraction of sp³-hybridized carbons (Fsp3) is 0.556. The Balaban J connectivity index is 2.75. The van der Waals surface area contributed by atoms with Gasteiger partial charge in [0.1, 0.15) is 4.88 Å². The van der Waals surface area contributed by atoms with E-state index >= 15 is 0 Å². The first kappa shape index (κ1) is 10.2. The van der Waals surface area contributed by atoms with E-state index in [0.29, 0.717) is 4.88 Å². The molecule has 0 aromatic carbocycles. The number of nitrogens with two attached hydrogens (primary N) is 1. The number of amides is 1. The van der Waals surface area contributed by atoms with Gasteiger partial charge < -0.3 is 5.73 Å². The number of rotatable bonds is 2. The molecule has 0 aliphatic heterocycles. The first-order valence-electron chi connectivity index (χ1n) is 4.13. The lowest BCUT2D eigenvalue weighted by atomic mass is 9.93. The van der Waals surface area contributed by atoms with Crippen LogP contribution < -0.4 is 5.73 Å². The second kappa shape index (κ2) is 3.46. The van der Waals surface area contributed by atoms with Gasteiger partial charge in [-0.1, -0.05) is 20.8 Å². The van der Waals surface area contributed by atoms with Gasteiger partial charge >= 0.3 is 0 Å². The molecular weight excluding hydrogens is 184 g/mol. The molecule has 0 unspecified atom stereocenters. The van der Waals surface area contributed by atoms with Crippen molar-refractivity contribution in [3.8, 4) is 0 Å². The molecule has 1 amide bonds.